The van der Waals surface area contributed by atoms with Crippen molar-refractivity contribution < 1.29 is 19.7 Å². The number of hydrogen-bond acceptors (Lipinski definition) is 3. The molecule has 1 aromatic carbocycles. The molecule has 0 spiro atoms. The molecule has 3 rings (SSSR count). The number of aryl methyl sites for hydroxylation is 1. The second kappa shape index (κ2) is 12.5. The molecule has 1 saturated heterocycles. The average molecular weight is 387 g/mol. The number of hydrogen-bond donors (Lipinski definition) is 1. The van der Waals surface area contributed by atoms with Gasteiger partial charge in [0.1, 0.15) is 6.10 Å². The molecular weight excluding hydrogens is 352 g/mol. The van der Waals surface area contributed by atoms with Crippen molar-refractivity contribution in [1.29, 1.82) is 0 Å². The van der Waals surface area contributed by atoms with Gasteiger partial charge >= 0.3 is 5.97 Å². The van der Waals surface area contributed by atoms with Crippen LogP contribution in [0.15, 0.2) is 54.6 Å². The number of unbranched alkanes of at least 4 members (excludes halogenated alkanes) is 1. The molecule has 0 radical (unpaired) electrons. The number of carboxylic acids is 1. The summed E-state index contributed by atoms with van der Waals surface area (Å²) in [7, 11) is 0. The van der Waals surface area contributed by atoms with Gasteiger partial charge in [-0.1, -0.05) is 68.5 Å². The molecule has 1 aliphatic heterocycles. The Morgan fingerprint density at radius 1 is 1.11 bits per heavy atom. The van der Waals surface area contributed by atoms with Crippen LogP contribution in [0.3, 0.4) is 0 Å². The predicted octanol–water partition coefficient (Wildman–Crippen LogP) is 5.74. The molecule has 2 bridgehead atoms. The van der Waals surface area contributed by atoms with E-state index in [9.17, 15) is 4.79 Å². The van der Waals surface area contributed by atoms with E-state index in [2.05, 4.69) is 61.6 Å². The third kappa shape index (κ3) is 7.25. The van der Waals surface area contributed by atoms with Crippen LogP contribution in [0.2, 0.25) is 0 Å². The van der Waals surface area contributed by atoms with E-state index in [4.69, 9.17) is 14.9 Å². The Morgan fingerprint density at radius 3 is 2.50 bits per heavy atom. The smallest absolute Gasteiger partial charge is 0.303 e. The maximum atomic E-state index is 9.37. The van der Waals surface area contributed by atoms with Crippen LogP contribution in [-0.4, -0.2) is 23.3 Å². The highest BCUT2D eigenvalue weighted by atomic mass is 17.2. The van der Waals surface area contributed by atoms with E-state index in [0.717, 1.165) is 32.1 Å². The van der Waals surface area contributed by atoms with E-state index in [1.165, 1.54) is 12.0 Å². The van der Waals surface area contributed by atoms with Crippen LogP contribution in [-0.2, 0) is 21.0 Å². The first-order valence-corrected chi connectivity index (χ1v) is 10.5. The van der Waals surface area contributed by atoms with Crippen molar-refractivity contribution in [3.8, 4) is 0 Å². The number of rotatable bonds is 9. The van der Waals surface area contributed by atoms with Crippen LogP contribution in [0, 0.1) is 11.8 Å². The first kappa shape index (κ1) is 22.4. The maximum absolute atomic E-state index is 9.37. The summed E-state index contributed by atoms with van der Waals surface area (Å²) in [6.45, 7) is 3.78. The van der Waals surface area contributed by atoms with E-state index >= 15 is 0 Å². The van der Waals surface area contributed by atoms with Gasteiger partial charge in [0.25, 0.3) is 0 Å². The standard InChI is InChI=1S/C21H28O2.C3H6O2/c1-2-3-6-14-18-19(21-16-20(18)22-23-21)15-10-5-9-13-17-11-7-4-8-12-17;1-2-3(4)5/h3-4,6-8,10-12,15,18-21H,2,5,9,13-14,16H2,1H3;2H2,1H3,(H,4,5)/b6-3-,15-10+;/t18-,19?,20+,21-;/m1./s1. The van der Waals surface area contributed by atoms with Crippen molar-refractivity contribution in [1.82, 2.24) is 0 Å². The summed E-state index contributed by atoms with van der Waals surface area (Å²) in [5, 5.41) is 7.72. The lowest BCUT2D eigenvalue weighted by molar-refractivity contribution is -0.336. The third-order valence-corrected chi connectivity index (χ3v) is 5.32. The zero-order chi connectivity index (χ0) is 20.2. The zero-order valence-electron chi connectivity index (χ0n) is 17.1. The molecular formula is C24H34O4. The largest absolute Gasteiger partial charge is 0.481 e. The van der Waals surface area contributed by atoms with Gasteiger partial charge in [0.2, 0.25) is 0 Å². The minimum Gasteiger partial charge on any atom is -0.481 e. The van der Waals surface area contributed by atoms with Gasteiger partial charge in [0, 0.05) is 24.7 Å². The molecule has 4 heteroatoms. The number of benzene rings is 1. The Kier molecular flexibility index (Phi) is 10.0. The van der Waals surface area contributed by atoms with Crippen LogP contribution in [0.1, 0.15) is 57.9 Å². The second-order valence-electron chi connectivity index (χ2n) is 7.41. The van der Waals surface area contributed by atoms with E-state index < -0.39 is 5.97 Å². The molecule has 4 atom stereocenters. The quantitative estimate of drug-likeness (QED) is 0.334. The molecule has 154 valence electrons. The molecule has 0 aromatic heterocycles. The van der Waals surface area contributed by atoms with Crippen molar-refractivity contribution in [2.45, 2.75) is 71.0 Å². The van der Waals surface area contributed by atoms with Gasteiger partial charge in [-0.05, 0) is 37.7 Å². The highest BCUT2D eigenvalue weighted by Gasteiger charge is 2.49. The summed E-state index contributed by atoms with van der Waals surface area (Å²) >= 11 is 0. The SMILES string of the molecule is CC/C=C\C[C@@H]1C(/C=C/CCCc2ccccc2)[C@H]2C[C@@H]1OO2.CCC(=O)O. The summed E-state index contributed by atoms with van der Waals surface area (Å²) in [6, 6.07) is 10.7. The zero-order valence-corrected chi connectivity index (χ0v) is 17.1. The first-order valence-electron chi connectivity index (χ1n) is 10.5. The predicted molar refractivity (Wildman–Crippen MR) is 112 cm³/mol. The van der Waals surface area contributed by atoms with Gasteiger partial charge in [-0.2, -0.15) is 0 Å². The molecule has 2 aliphatic rings. The molecule has 1 heterocycles. The summed E-state index contributed by atoms with van der Waals surface area (Å²) in [5.41, 5.74) is 1.43. The number of allylic oxidation sites excluding steroid dienone is 3. The van der Waals surface area contributed by atoms with Crippen LogP contribution in [0.5, 0.6) is 0 Å². The fraction of sp³-hybridized carbons (Fsp3) is 0.542. The highest BCUT2D eigenvalue weighted by molar-refractivity contribution is 5.66. The minimum absolute atomic E-state index is 0.222. The number of carbonyl (C=O) groups is 1. The monoisotopic (exact) mass is 386 g/mol. The van der Waals surface area contributed by atoms with Crippen LogP contribution < -0.4 is 0 Å². The maximum Gasteiger partial charge on any atom is 0.303 e. The number of aliphatic carboxylic acids is 1. The van der Waals surface area contributed by atoms with Gasteiger partial charge in [-0.15, -0.1) is 0 Å². The van der Waals surface area contributed by atoms with Crippen LogP contribution >= 0.6 is 0 Å². The number of fused-ring (bicyclic) bond motifs is 2. The molecule has 2 fully saturated rings. The molecule has 4 nitrogen and oxygen atoms in total. The molecule has 0 amide bonds. The Morgan fingerprint density at radius 2 is 1.82 bits per heavy atom. The van der Waals surface area contributed by atoms with Crippen molar-refractivity contribution in [2.24, 2.45) is 11.8 Å². The lowest BCUT2D eigenvalue weighted by atomic mass is 9.89. The Bertz CT molecular complexity index is 623. The molecule has 1 N–H and O–H groups in total. The Hall–Kier alpha value is -1.91. The normalized spacial score (nSPS) is 25.9. The van der Waals surface area contributed by atoms with E-state index in [0.29, 0.717) is 17.9 Å². The Balaban J connectivity index is 0.000000500. The highest BCUT2D eigenvalue weighted by Crippen LogP contribution is 2.44. The Labute approximate surface area is 169 Å². The second-order valence-corrected chi connectivity index (χ2v) is 7.41. The van der Waals surface area contributed by atoms with Crippen molar-refractivity contribution >= 4 is 5.97 Å². The minimum atomic E-state index is -0.745. The average Bonchev–Trinajstić information content (AvgIpc) is 3.31. The van der Waals surface area contributed by atoms with Gasteiger partial charge in [-0.3, -0.25) is 4.79 Å². The van der Waals surface area contributed by atoms with Crippen LogP contribution in [0.4, 0.5) is 0 Å². The third-order valence-electron chi connectivity index (χ3n) is 5.32. The molecule has 1 saturated carbocycles. The van der Waals surface area contributed by atoms with E-state index in [1.807, 2.05) is 0 Å². The summed E-state index contributed by atoms with van der Waals surface area (Å²) in [4.78, 5) is 20.3. The van der Waals surface area contributed by atoms with Crippen molar-refractivity contribution in [2.75, 3.05) is 0 Å². The first-order chi connectivity index (χ1) is 13.7. The summed E-state index contributed by atoms with van der Waals surface area (Å²) in [6.07, 6.45) is 16.9. The van der Waals surface area contributed by atoms with Gasteiger partial charge in [0.15, 0.2) is 0 Å². The molecule has 28 heavy (non-hydrogen) atoms. The van der Waals surface area contributed by atoms with Gasteiger partial charge < -0.3 is 5.11 Å². The molecule has 1 aromatic rings. The fourth-order valence-electron chi connectivity index (χ4n) is 3.76. The molecule has 1 aliphatic carbocycles. The van der Waals surface area contributed by atoms with Crippen LogP contribution in [0.25, 0.3) is 0 Å². The lowest BCUT2D eigenvalue weighted by Gasteiger charge is -2.27. The lowest BCUT2D eigenvalue weighted by Crippen LogP contribution is -2.28. The molecule has 1 unspecified atom stereocenters. The summed E-state index contributed by atoms with van der Waals surface area (Å²) < 4.78 is 0. The number of carboxylic acid groups (broad SMARTS) is 1. The fourth-order valence-corrected chi connectivity index (χ4v) is 3.76. The van der Waals surface area contributed by atoms with E-state index in [-0.39, 0.29) is 12.5 Å². The topological polar surface area (TPSA) is 55.8 Å². The van der Waals surface area contributed by atoms with Gasteiger partial charge in [0.05, 0.1) is 6.10 Å². The summed E-state index contributed by atoms with van der Waals surface area (Å²) in [5.74, 6) is 0.360. The van der Waals surface area contributed by atoms with E-state index in [1.54, 1.807) is 6.92 Å². The van der Waals surface area contributed by atoms with Crippen molar-refractivity contribution in [3.05, 3.63) is 60.2 Å². The van der Waals surface area contributed by atoms with Gasteiger partial charge in [-0.25, -0.2) is 9.78 Å². The van der Waals surface area contributed by atoms with Crippen molar-refractivity contribution in [3.63, 3.8) is 0 Å².